The molecule has 0 aliphatic carbocycles. The molecule has 0 aromatic heterocycles. The lowest BCUT2D eigenvalue weighted by Gasteiger charge is -2.31. The van der Waals surface area contributed by atoms with Gasteiger partial charge >= 0.3 is 0 Å². The Balaban J connectivity index is 1.25. The molecular formula is C26H27N3O5. The normalized spacial score (nSPS) is 21.8. The number of benzene rings is 2. The third kappa shape index (κ3) is 4.41. The number of morpholine rings is 1. The van der Waals surface area contributed by atoms with Gasteiger partial charge < -0.3 is 24.6 Å². The van der Waals surface area contributed by atoms with Crippen molar-refractivity contribution in [3.63, 3.8) is 0 Å². The maximum atomic E-state index is 13.0. The minimum absolute atomic E-state index is 0.0172. The summed E-state index contributed by atoms with van der Waals surface area (Å²) in [4.78, 5) is 40.6. The monoisotopic (exact) mass is 462 g/mol. The van der Waals surface area contributed by atoms with E-state index < -0.39 is 12.6 Å². The first kappa shape index (κ1) is 20.9. The standard InChI is InChI=1S/C26H27N3O5/c1-17-5-10-22(25(31)27-17)29-14-21-20(26(29)32)3-2-4-23(21)34-15-19-8-6-18(7-9-19)13-28-11-12-33-16-24(28)30/h2-4,6-9,22H,1,5,10-16H2,(H,27,31)/i13D. The van der Waals surface area contributed by atoms with Gasteiger partial charge in [-0.25, -0.2) is 0 Å². The van der Waals surface area contributed by atoms with Crippen LogP contribution in [-0.2, 0) is 34.0 Å². The highest BCUT2D eigenvalue weighted by atomic mass is 16.5. The number of rotatable bonds is 6. The quantitative estimate of drug-likeness (QED) is 0.712. The van der Waals surface area contributed by atoms with Crippen LogP contribution in [0.5, 0.6) is 5.75 Å². The van der Waals surface area contributed by atoms with Crippen LogP contribution in [0.15, 0.2) is 54.7 Å². The summed E-state index contributed by atoms with van der Waals surface area (Å²) < 4.78 is 19.6. The van der Waals surface area contributed by atoms with Gasteiger partial charge in [0.15, 0.2) is 0 Å². The smallest absolute Gasteiger partial charge is 0.255 e. The van der Waals surface area contributed by atoms with Crippen molar-refractivity contribution < 1.29 is 25.2 Å². The molecule has 2 fully saturated rings. The molecule has 0 bridgehead atoms. The number of allylic oxidation sites excluding steroid dienone is 1. The largest absolute Gasteiger partial charge is 0.489 e. The van der Waals surface area contributed by atoms with Crippen LogP contribution in [0.2, 0.25) is 0 Å². The van der Waals surface area contributed by atoms with Gasteiger partial charge in [0.25, 0.3) is 5.91 Å². The Morgan fingerprint density at radius 1 is 1.15 bits per heavy atom. The van der Waals surface area contributed by atoms with Crippen LogP contribution in [0.25, 0.3) is 0 Å². The van der Waals surface area contributed by atoms with Gasteiger partial charge in [-0.1, -0.05) is 36.9 Å². The highest BCUT2D eigenvalue weighted by molar-refractivity contribution is 6.02. The highest BCUT2D eigenvalue weighted by Gasteiger charge is 2.39. The lowest BCUT2D eigenvalue weighted by Crippen LogP contribution is -2.49. The van der Waals surface area contributed by atoms with Gasteiger partial charge in [-0.15, -0.1) is 0 Å². The zero-order chi connectivity index (χ0) is 24.5. The Labute approximate surface area is 199 Å². The fourth-order valence-electron chi connectivity index (χ4n) is 4.48. The second-order valence-corrected chi connectivity index (χ2v) is 8.66. The number of carbonyl (C=O) groups excluding carboxylic acids is 3. The van der Waals surface area contributed by atoms with E-state index >= 15 is 0 Å². The molecule has 0 spiro atoms. The lowest BCUT2D eigenvalue weighted by atomic mass is 10.0. The molecule has 0 saturated carbocycles. The van der Waals surface area contributed by atoms with Gasteiger partial charge in [-0.05, 0) is 36.1 Å². The molecule has 8 heteroatoms. The maximum absolute atomic E-state index is 13.0. The van der Waals surface area contributed by atoms with E-state index in [0.717, 1.165) is 16.7 Å². The molecular weight excluding hydrogens is 434 g/mol. The van der Waals surface area contributed by atoms with E-state index in [2.05, 4.69) is 11.9 Å². The number of amides is 3. The molecule has 2 aromatic carbocycles. The first-order valence-corrected chi connectivity index (χ1v) is 11.3. The lowest BCUT2D eigenvalue weighted by molar-refractivity contribution is -0.143. The number of piperidine rings is 1. The Hall–Kier alpha value is -3.65. The fraction of sp³-hybridized carbons (Fsp3) is 0.346. The van der Waals surface area contributed by atoms with Crippen LogP contribution in [0, 0.1) is 0 Å². The molecule has 3 aliphatic heterocycles. The van der Waals surface area contributed by atoms with E-state index in [9.17, 15) is 14.4 Å². The number of nitrogens with one attached hydrogen (secondary N) is 1. The summed E-state index contributed by atoms with van der Waals surface area (Å²) in [6.07, 6.45) is 1.20. The van der Waals surface area contributed by atoms with Crippen LogP contribution in [0.3, 0.4) is 0 Å². The number of hydrogen-bond donors (Lipinski definition) is 1. The van der Waals surface area contributed by atoms with Crippen molar-refractivity contribution >= 4 is 17.7 Å². The number of carbonyl (C=O) groups is 3. The van der Waals surface area contributed by atoms with Crippen LogP contribution in [-0.4, -0.2) is 53.3 Å². The zero-order valence-corrected chi connectivity index (χ0v) is 18.8. The van der Waals surface area contributed by atoms with Gasteiger partial charge in [0, 0.05) is 29.9 Å². The summed E-state index contributed by atoms with van der Waals surface area (Å²) in [6.45, 7) is 4.50. The predicted octanol–water partition coefficient (Wildman–Crippen LogP) is 2.37. The van der Waals surface area contributed by atoms with E-state index in [1.54, 1.807) is 17.0 Å². The predicted molar refractivity (Wildman–Crippen MR) is 124 cm³/mol. The summed E-state index contributed by atoms with van der Waals surface area (Å²) in [5.41, 5.74) is 3.64. The first-order chi connectivity index (χ1) is 16.9. The van der Waals surface area contributed by atoms with Gasteiger partial charge in [0.2, 0.25) is 11.8 Å². The van der Waals surface area contributed by atoms with Gasteiger partial charge in [0.1, 0.15) is 25.0 Å². The molecule has 3 aliphatic rings. The molecule has 1 N–H and O–H groups in total. The molecule has 3 heterocycles. The van der Waals surface area contributed by atoms with Crippen LogP contribution in [0.1, 0.15) is 41.3 Å². The number of ether oxygens (including phenoxy) is 2. The van der Waals surface area contributed by atoms with Crippen LogP contribution >= 0.6 is 0 Å². The van der Waals surface area contributed by atoms with Gasteiger partial charge in [0.05, 0.1) is 14.5 Å². The Morgan fingerprint density at radius 3 is 2.71 bits per heavy atom. The molecule has 8 nitrogen and oxygen atoms in total. The van der Waals surface area contributed by atoms with Crippen LogP contribution in [0.4, 0.5) is 0 Å². The molecule has 3 amide bonds. The van der Waals surface area contributed by atoms with Gasteiger partial charge in [-0.3, -0.25) is 14.4 Å². The van der Waals surface area contributed by atoms with E-state index in [4.69, 9.17) is 10.8 Å². The third-order valence-corrected chi connectivity index (χ3v) is 6.35. The van der Waals surface area contributed by atoms with Crippen molar-refractivity contribution in [2.75, 3.05) is 19.8 Å². The molecule has 2 aromatic rings. The minimum atomic E-state index is -0.773. The second kappa shape index (κ2) is 9.30. The Bertz CT molecular complexity index is 1180. The van der Waals surface area contributed by atoms with E-state index in [-0.39, 0.29) is 30.9 Å². The van der Waals surface area contributed by atoms with Crippen molar-refractivity contribution in [2.24, 2.45) is 0 Å². The number of nitrogens with zero attached hydrogens (tertiary/aromatic N) is 2. The second-order valence-electron chi connectivity index (χ2n) is 8.66. The van der Waals surface area contributed by atoms with Crippen molar-refractivity contribution in [1.29, 1.82) is 0 Å². The zero-order valence-electron chi connectivity index (χ0n) is 19.8. The topological polar surface area (TPSA) is 88.2 Å². The number of fused-ring (bicyclic) bond motifs is 1. The summed E-state index contributed by atoms with van der Waals surface area (Å²) in [6, 6.07) is 12.3. The van der Waals surface area contributed by atoms with Gasteiger partial charge in [-0.2, -0.15) is 0 Å². The van der Waals surface area contributed by atoms with Crippen molar-refractivity contribution in [2.45, 2.75) is 38.6 Å². The van der Waals surface area contributed by atoms with E-state index in [0.29, 0.717) is 49.5 Å². The fourth-order valence-corrected chi connectivity index (χ4v) is 4.48. The molecule has 0 radical (unpaired) electrons. The van der Waals surface area contributed by atoms with Crippen LogP contribution < -0.4 is 10.1 Å². The average molecular weight is 463 g/mol. The molecule has 34 heavy (non-hydrogen) atoms. The first-order valence-electron chi connectivity index (χ1n) is 11.9. The minimum Gasteiger partial charge on any atom is -0.489 e. The Morgan fingerprint density at radius 2 is 1.94 bits per heavy atom. The van der Waals surface area contributed by atoms with E-state index in [1.807, 2.05) is 30.3 Å². The molecule has 176 valence electrons. The SMILES string of the molecule is [2H]C(c1ccc(COc2cccc3c2CN(C2CCC(=C)NC2=O)C3=O)cc1)N1CCOCC1=O. The molecule has 2 saturated heterocycles. The molecule has 5 rings (SSSR count). The molecule has 2 unspecified atom stereocenters. The summed E-state index contributed by atoms with van der Waals surface area (Å²) >= 11 is 0. The van der Waals surface area contributed by atoms with Crippen molar-refractivity contribution in [1.82, 2.24) is 15.1 Å². The van der Waals surface area contributed by atoms with Crippen molar-refractivity contribution in [3.05, 3.63) is 77.0 Å². The molecule has 2 atom stereocenters. The average Bonchev–Trinajstić information content (AvgIpc) is 3.20. The number of hydrogen-bond acceptors (Lipinski definition) is 5. The highest BCUT2D eigenvalue weighted by Crippen LogP contribution is 2.34. The maximum Gasteiger partial charge on any atom is 0.255 e. The third-order valence-electron chi connectivity index (χ3n) is 6.35. The summed E-state index contributed by atoms with van der Waals surface area (Å²) in [5, 5.41) is 2.75. The summed E-state index contributed by atoms with van der Waals surface area (Å²) in [7, 11) is 0. The Kier molecular flexibility index (Phi) is 5.73. The summed E-state index contributed by atoms with van der Waals surface area (Å²) in [5.74, 6) is 0.0687. The van der Waals surface area contributed by atoms with Crippen molar-refractivity contribution in [3.8, 4) is 5.75 Å². The van der Waals surface area contributed by atoms with E-state index in [1.165, 1.54) is 4.90 Å².